The predicted octanol–water partition coefficient (Wildman–Crippen LogP) is 6.29. The average Bonchev–Trinajstić information content (AvgIpc) is 3.45. The van der Waals surface area contributed by atoms with E-state index < -0.39 is 5.82 Å². The Hall–Kier alpha value is -4.43. The number of nitrogens with one attached hydrogen (secondary N) is 2. The summed E-state index contributed by atoms with van der Waals surface area (Å²) in [7, 11) is 3.96. The summed E-state index contributed by atoms with van der Waals surface area (Å²) >= 11 is 0. The van der Waals surface area contributed by atoms with Crippen LogP contribution in [0.2, 0.25) is 0 Å². The molecule has 3 aromatic heterocycles. The van der Waals surface area contributed by atoms with E-state index in [1.54, 1.807) is 24.5 Å². The van der Waals surface area contributed by atoms with Crippen molar-refractivity contribution in [2.24, 2.45) is 0 Å². The van der Waals surface area contributed by atoms with Crippen molar-refractivity contribution in [2.75, 3.05) is 14.1 Å². The highest BCUT2D eigenvalue weighted by atomic mass is 19.1. The second-order valence-electron chi connectivity index (χ2n) is 9.93. The van der Waals surface area contributed by atoms with Gasteiger partial charge in [-0.1, -0.05) is 29.9 Å². The summed E-state index contributed by atoms with van der Waals surface area (Å²) in [6.07, 6.45) is 8.07. The first-order valence-electron chi connectivity index (χ1n) is 12.4. The topological polar surface area (TPSA) is 73.5 Å². The molecule has 2 N–H and O–H groups in total. The van der Waals surface area contributed by atoms with E-state index in [9.17, 15) is 4.39 Å². The first-order chi connectivity index (χ1) is 18.4. The van der Waals surface area contributed by atoms with Crippen molar-refractivity contribution in [3.05, 3.63) is 107 Å². The van der Waals surface area contributed by atoms with Gasteiger partial charge in [0.05, 0.1) is 16.6 Å². The first kappa shape index (κ1) is 23.9. The van der Waals surface area contributed by atoms with Crippen LogP contribution in [0.5, 0.6) is 0 Å². The van der Waals surface area contributed by atoms with Crippen LogP contribution in [0, 0.1) is 11.6 Å². The van der Waals surface area contributed by atoms with Crippen LogP contribution in [0.1, 0.15) is 29.4 Å². The second-order valence-corrected chi connectivity index (χ2v) is 9.93. The number of aromatic nitrogens is 5. The molecule has 5 aromatic rings. The van der Waals surface area contributed by atoms with Crippen LogP contribution in [0.25, 0.3) is 39.1 Å². The van der Waals surface area contributed by atoms with Gasteiger partial charge in [-0.25, -0.2) is 13.8 Å². The fourth-order valence-corrected chi connectivity index (χ4v) is 4.96. The van der Waals surface area contributed by atoms with Crippen LogP contribution in [-0.2, 0) is 13.0 Å². The minimum atomic E-state index is -0.390. The number of fused-ring (bicyclic) bond motifs is 2. The van der Waals surface area contributed by atoms with E-state index in [0.29, 0.717) is 52.2 Å². The Morgan fingerprint density at radius 2 is 1.84 bits per heavy atom. The molecule has 0 unspecified atom stereocenters. The van der Waals surface area contributed by atoms with Gasteiger partial charge in [-0.05, 0) is 62.5 Å². The fraction of sp³-hybridized carbons (Fsp3) is 0.167. The molecule has 8 heteroatoms. The number of pyridine rings is 1. The quantitative estimate of drug-likeness (QED) is 0.293. The van der Waals surface area contributed by atoms with Gasteiger partial charge in [0.2, 0.25) is 0 Å². The van der Waals surface area contributed by atoms with Gasteiger partial charge in [0, 0.05) is 47.8 Å². The molecule has 6 nitrogen and oxygen atoms in total. The standard InChI is InChI=1S/C30H26F2N6/c1-17-7-8-23(19-5-4-6-21(31)13-19)28-25(11-17)34-30(35-28)29-26-24(36-37-29)10-9-22(27(26)32)20-12-18(14-33-15-20)16-38(2)3/h4-10,12-15H,11,16H2,1-3H3,(H,34,35)(H,36,37). The molecule has 1 aliphatic carbocycles. The van der Waals surface area contributed by atoms with Crippen molar-refractivity contribution in [3.8, 4) is 22.6 Å². The molecule has 2 aromatic carbocycles. The smallest absolute Gasteiger partial charge is 0.159 e. The zero-order valence-electron chi connectivity index (χ0n) is 21.3. The van der Waals surface area contributed by atoms with Gasteiger partial charge in [-0.2, -0.15) is 5.10 Å². The van der Waals surface area contributed by atoms with Crippen molar-refractivity contribution >= 4 is 16.5 Å². The van der Waals surface area contributed by atoms with Gasteiger partial charge in [-0.3, -0.25) is 10.1 Å². The van der Waals surface area contributed by atoms with Crippen molar-refractivity contribution in [1.29, 1.82) is 0 Å². The van der Waals surface area contributed by atoms with Crippen molar-refractivity contribution in [3.63, 3.8) is 0 Å². The van der Waals surface area contributed by atoms with Crippen molar-refractivity contribution < 1.29 is 8.78 Å². The summed E-state index contributed by atoms with van der Waals surface area (Å²) in [6.45, 7) is 2.73. The normalized spacial score (nSPS) is 13.4. The zero-order chi connectivity index (χ0) is 26.4. The fourth-order valence-electron chi connectivity index (χ4n) is 4.96. The Labute approximate surface area is 218 Å². The third-order valence-corrected chi connectivity index (χ3v) is 6.66. The van der Waals surface area contributed by atoms with E-state index >= 15 is 4.39 Å². The lowest BCUT2D eigenvalue weighted by Crippen LogP contribution is -2.10. The van der Waals surface area contributed by atoms with Crippen LogP contribution in [-0.4, -0.2) is 44.1 Å². The van der Waals surface area contributed by atoms with E-state index in [1.165, 1.54) is 12.1 Å². The van der Waals surface area contributed by atoms with E-state index in [2.05, 4.69) is 20.2 Å². The monoisotopic (exact) mass is 508 g/mol. The molecule has 0 saturated carbocycles. The number of hydrogen-bond acceptors (Lipinski definition) is 4. The van der Waals surface area contributed by atoms with E-state index in [0.717, 1.165) is 28.0 Å². The number of rotatable bonds is 5. The SMILES string of the molecule is CC1=CC=C(c2cccc(F)c2)c2nc(-c3n[nH]c4ccc(-c5cncc(CN(C)C)c5)c(F)c34)[nH]c2C1. The van der Waals surface area contributed by atoms with Crippen LogP contribution in [0.3, 0.4) is 0 Å². The minimum Gasteiger partial charge on any atom is -0.340 e. The molecule has 3 heterocycles. The second kappa shape index (κ2) is 9.46. The molecule has 1 aliphatic rings. The lowest BCUT2D eigenvalue weighted by molar-refractivity contribution is 0.402. The molecule has 0 radical (unpaired) electrons. The lowest BCUT2D eigenvalue weighted by Gasteiger charge is -2.11. The van der Waals surface area contributed by atoms with Crippen LogP contribution >= 0.6 is 0 Å². The molecule has 0 aliphatic heterocycles. The summed E-state index contributed by atoms with van der Waals surface area (Å²) in [4.78, 5) is 14.6. The minimum absolute atomic E-state index is 0.317. The molecule has 38 heavy (non-hydrogen) atoms. The summed E-state index contributed by atoms with van der Waals surface area (Å²) in [5.41, 5.74) is 7.31. The summed E-state index contributed by atoms with van der Waals surface area (Å²) in [6, 6.07) is 12.0. The zero-order valence-corrected chi connectivity index (χ0v) is 21.3. The van der Waals surface area contributed by atoms with Gasteiger partial charge in [0.25, 0.3) is 0 Å². The lowest BCUT2D eigenvalue weighted by atomic mass is 10.0. The number of benzene rings is 2. The maximum absolute atomic E-state index is 16.1. The summed E-state index contributed by atoms with van der Waals surface area (Å²) in [5.74, 6) is -0.255. The third-order valence-electron chi connectivity index (χ3n) is 6.66. The molecule has 0 fully saturated rings. The highest BCUT2D eigenvalue weighted by molar-refractivity contribution is 5.95. The molecule has 190 valence electrons. The first-order valence-corrected chi connectivity index (χ1v) is 12.4. The van der Waals surface area contributed by atoms with Crippen molar-refractivity contribution in [2.45, 2.75) is 19.9 Å². The van der Waals surface area contributed by atoms with Gasteiger partial charge in [-0.15, -0.1) is 0 Å². The average molecular weight is 509 g/mol. The van der Waals surface area contributed by atoms with Gasteiger partial charge >= 0.3 is 0 Å². The molecule has 0 spiro atoms. The van der Waals surface area contributed by atoms with E-state index in [1.807, 2.05) is 56.3 Å². The van der Waals surface area contributed by atoms with Gasteiger partial charge < -0.3 is 9.88 Å². The Morgan fingerprint density at radius 1 is 0.974 bits per heavy atom. The highest BCUT2D eigenvalue weighted by Gasteiger charge is 2.23. The number of nitrogens with zero attached hydrogens (tertiary/aromatic N) is 4. The summed E-state index contributed by atoms with van der Waals surface area (Å²) in [5, 5.41) is 7.74. The third kappa shape index (κ3) is 4.33. The number of halogens is 2. The highest BCUT2D eigenvalue weighted by Crippen LogP contribution is 2.36. The molecule has 0 atom stereocenters. The Kier molecular flexibility index (Phi) is 5.96. The van der Waals surface area contributed by atoms with E-state index in [-0.39, 0.29) is 5.82 Å². The van der Waals surface area contributed by atoms with Crippen LogP contribution in [0.15, 0.2) is 72.6 Å². The van der Waals surface area contributed by atoms with Gasteiger partial charge in [0.15, 0.2) is 5.82 Å². The molecule has 0 saturated heterocycles. The van der Waals surface area contributed by atoms with Crippen LogP contribution < -0.4 is 0 Å². The maximum Gasteiger partial charge on any atom is 0.159 e. The summed E-state index contributed by atoms with van der Waals surface area (Å²) < 4.78 is 30.2. The Bertz CT molecular complexity index is 1740. The van der Waals surface area contributed by atoms with Gasteiger partial charge in [0.1, 0.15) is 17.3 Å². The maximum atomic E-state index is 16.1. The molecular weight excluding hydrogens is 482 g/mol. The molecule has 0 bridgehead atoms. The largest absolute Gasteiger partial charge is 0.340 e. The molecular formula is C30H26F2N6. The Balaban J connectivity index is 1.47. The number of aromatic amines is 2. The van der Waals surface area contributed by atoms with E-state index in [4.69, 9.17) is 4.98 Å². The van der Waals surface area contributed by atoms with Crippen LogP contribution in [0.4, 0.5) is 8.78 Å². The molecule has 6 rings (SSSR count). The Morgan fingerprint density at radius 3 is 2.66 bits per heavy atom. The number of allylic oxidation sites excluding steroid dienone is 3. The van der Waals surface area contributed by atoms with Crippen molar-refractivity contribution in [1.82, 2.24) is 30.0 Å². The number of hydrogen-bond donors (Lipinski definition) is 2. The molecule has 0 amide bonds. The number of imidazole rings is 1. The predicted molar refractivity (Wildman–Crippen MR) is 145 cm³/mol. The number of H-pyrrole nitrogens is 2.